The van der Waals surface area contributed by atoms with Crippen LogP contribution >= 0.6 is 11.3 Å². The fourth-order valence-electron chi connectivity index (χ4n) is 4.13. The fourth-order valence-corrected chi connectivity index (χ4v) is 4.99. The topological polar surface area (TPSA) is 79.6 Å². The van der Waals surface area contributed by atoms with Crippen molar-refractivity contribution in [1.82, 2.24) is 30.3 Å². The molecule has 1 aliphatic carbocycles. The number of thiophene rings is 1. The van der Waals surface area contributed by atoms with Crippen molar-refractivity contribution >= 4 is 17.3 Å². The molecule has 30 heavy (non-hydrogen) atoms. The second-order valence-corrected chi connectivity index (χ2v) is 9.05. The normalized spacial score (nSPS) is 19.9. The Morgan fingerprint density at radius 2 is 2.10 bits per heavy atom. The maximum Gasteiger partial charge on any atom is 0.191 e. The van der Waals surface area contributed by atoms with Crippen LogP contribution in [0.15, 0.2) is 22.5 Å². The zero-order valence-electron chi connectivity index (χ0n) is 18.0. The molecular weight excluding hydrogens is 398 g/mol. The summed E-state index contributed by atoms with van der Waals surface area (Å²) >= 11 is 1.82. The molecule has 4 rings (SSSR count). The van der Waals surface area contributed by atoms with Gasteiger partial charge in [0.2, 0.25) is 0 Å². The molecule has 3 heterocycles. The summed E-state index contributed by atoms with van der Waals surface area (Å²) in [6.45, 7) is 6.82. The summed E-state index contributed by atoms with van der Waals surface area (Å²) in [7, 11) is 1.99. The van der Waals surface area contributed by atoms with Crippen LogP contribution < -0.4 is 10.6 Å². The van der Waals surface area contributed by atoms with Gasteiger partial charge in [0, 0.05) is 37.6 Å². The first-order chi connectivity index (χ1) is 14.7. The lowest BCUT2D eigenvalue weighted by atomic mass is 10.2. The molecule has 9 heteroatoms. The van der Waals surface area contributed by atoms with Gasteiger partial charge in [-0.15, -0.1) is 21.5 Å². The summed E-state index contributed by atoms with van der Waals surface area (Å²) in [6, 6.07) is 5.19. The third-order valence-corrected chi connectivity index (χ3v) is 7.05. The number of hydrogen-bond acceptors (Lipinski definition) is 6. The molecule has 0 radical (unpaired) electrons. The van der Waals surface area contributed by atoms with Gasteiger partial charge in [-0.25, -0.2) is 4.99 Å². The van der Waals surface area contributed by atoms with Crippen LogP contribution in [0.2, 0.25) is 0 Å². The van der Waals surface area contributed by atoms with E-state index >= 15 is 0 Å². The first-order valence-corrected chi connectivity index (χ1v) is 11.8. The number of aromatic nitrogens is 3. The second-order valence-electron chi connectivity index (χ2n) is 8.07. The highest BCUT2D eigenvalue weighted by Gasteiger charge is 2.24. The van der Waals surface area contributed by atoms with Crippen LogP contribution in [0.4, 0.5) is 0 Å². The molecule has 0 spiro atoms. The molecule has 0 amide bonds. The predicted octanol–water partition coefficient (Wildman–Crippen LogP) is 2.24. The van der Waals surface area contributed by atoms with Gasteiger partial charge in [-0.1, -0.05) is 18.9 Å². The van der Waals surface area contributed by atoms with Crippen LogP contribution in [-0.2, 0) is 18.3 Å². The number of aliphatic imine (C=N–C) groups is 1. The van der Waals surface area contributed by atoms with Gasteiger partial charge >= 0.3 is 0 Å². The summed E-state index contributed by atoms with van der Waals surface area (Å²) in [6.07, 6.45) is 5.00. The molecule has 0 bridgehead atoms. The lowest BCUT2D eigenvalue weighted by molar-refractivity contribution is 0.0177. The summed E-state index contributed by atoms with van der Waals surface area (Å²) in [5.41, 5.74) is 0. The van der Waals surface area contributed by atoms with E-state index < -0.39 is 0 Å². The summed E-state index contributed by atoms with van der Waals surface area (Å²) in [5.74, 6) is 2.66. The number of morpholine rings is 1. The molecule has 0 aromatic carbocycles. The van der Waals surface area contributed by atoms with Crippen molar-refractivity contribution < 1.29 is 4.74 Å². The van der Waals surface area contributed by atoms with Crippen LogP contribution in [0.25, 0.3) is 0 Å². The molecule has 2 aliphatic rings. The van der Waals surface area contributed by atoms with Crippen molar-refractivity contribution in [3.63, 3.8) is 0 Å². The van der Waals surface area contributed by atoms with Gasteiger partial charge in [-0.3, -0.25) is 4.90 Å². The number of ether oxygens (including phenoxy) is 1. The van der Waals surface area contributed by atoms with Crippen LogP contribution in [0.5, 0.6) is 0 Å². The Hall–Kier alpha value is -1.97. The average molecular weight is 432 g/mol. The highest BCUT2D eigenvalue weighted by atomic mass is 32.1. The van der Waals surface area contributed by atoms with Gasteiger partial charge in [-0.05, 0) is 31.2 Å². The van der Waals surface area contributed by atoms with Crippen LogP contribution in [0.3, 0.4) is 0 Å². The van der Waals surface area contributed by atoms with Gasteiger partial charge in [-0.2, -0.15) is 0 Å². The van der Waals surface area contributed by atoms with E-state index in [2.05, 4.69) is 43.2 Å². The molecule has 1 atom stereocenters. The lowest BCUT2D eigenvalue weighted by Gasteiger charge is -2.34. The van der Waals surface area contributed by atoms with E-state index in [-0.39, 0.29) is 0 Å². The van der Waals surface area contributed by atoms with E-state index in [1.807, 2.05) is 29.9 Å². The summed E-state index contributed by atoms with van der Waals surface area (Å²) in [5, 5.41) is 17.9. The maximum absolute atomic E-state index is 5.57. The molecule has 1 aliphatic heterocycles. The van der Waals surface area contributed by atoms with Crippen LogP contribution in [0, 0.1) is 6.92 Å². The summed E-state index contributed by atoms with van der Waals surface area (Å²) in [4.78, 5) is 8.76. The minimum Gasteiger partial charge on any atom is -0.379 e. The van der Waals surface area contributed by atoms with E-state index in [0.717, 1.165) is 50.5 Å². The van der Waals surface area contributed by atoms with Crippen molar-refractivity contribution in [2.75, 3.05) is 32.8 Å². The van der Waals surface area contributed by atoms with Gasteiger partial charge in [0.25, 0.3) is 0 Å². The highest BCUT2D eigenvalue weighted by Crippen LogP contribution is 2.25. The Labute approximate surface area is 182 Å². The second kappa shape index (κ2) is 10.4. The van der Waals surface area contributed by atoms with Crippen molar-refractivity contribution in [3.8, 4) is 0 Å². The number of nitrogens with zero attached hydrogens (tertiary/aromatic N) is 5. The van der Waals surface area contributed by atoms with Crippen molar-refractivity contribution in [2.45, 2.75) is 51.2 Å². The first-order valence-electron chi connectivity index (χ1n) is 11.0. The third kappa shape index (κ3) is 5.39. The van der Waals surface area contributed by atoms with Crippen molar-refractivity contribution in [1.29, 1.82) is 0 Å². The Bertz CT molecular complexity index is 807. The Morgan fingerprint density at radius 1 is 1.30 bits per heavy atom. The number of nitrogens with one attached hydrogen (secondary N) is 2. The Balaban J connectivity index is 1.46. The quantitative estimate of drug-likeness (QED) is 0.517. The first kappa shape index (κ1) is 21.3. The van der Waals surface area contributed by atoms with Gasteiger partial charge in [0.05, 0.1) is 19.3 Å². The standard InChI is InChI=1S/C21H33N7OS/c1-16-25-26-20(27(16)2)15-23-21(24-17-6-3-4-7-17)22-14-18(19-8-5-13-30-19)28-9-11-29-12-10-28/h5,8,13,17-18H,3-4,6-7,9-12,14-15H2,1-2H3,(H2,22,23,24). The predicted molar refractivity (Wildman–Crippen MR) is 120 cm³/mol. The monoisotopic (exact) mass is 431 g/mol. The average Bonchev–Trinajstić information content (AvgIpc) is 3.53. The minimum atomic E-state index is 0.321. The number of guanidine groups is 1. The lowest BCUT2D eigenvalue weighted by Crippen LogP contribution is -2.47. The third-order valence-electron chi connectivity index (χ3n) is 6.08. The fraction of sp³-hybridized carbons (Fsp3) is 0.667. The molecule has 2 fully saturated rings. The molecule has 8 nitrogen and oxygen atoms in total. The van der Waals surface area contributed by atoms with E-state index in [1.165, 1.54) is 30.6 Å². The number of hydrogen-bond donors (Lipinski definition) is 2. The minimum absolute atomic E-state index is 0.321. The SMILES string of the molecule is Cc1nnc(CN=C(NCC(c2cccs2)N2CCOCC2)NC2CCCC2)n1C. The number of rotatable bonds is 7. The largest absolute Gasteiger partial charge is 0.379 e. The summed E-state index contributed by atoms with van der Waals surface area (Å²) < 4.78 is 7.57. The van der Waals surface area contributed by atoms with Gasteiger partial charge < -0.3 is 19.9 Å². The molecule has 1 saturated carbocycles. The van der Waals surface area contributed by atoms with E-state index in [0.29, 0.717) is 18.6 Å². The van der Waals surface area contributed by atoms with E-state index in [9.17, 15) is 0 Å². The van der Waals surface area contributed by atoms with E-state index in [1.54, 1.807) is 0 Å². The molecule has 2 N–H and O–H groups in total. The van der Waals surface area contributed by atoms with Crippen molar-refractivity contribution in [2.24, 2.45) is 12.0 Å². The molecule has 2 aromatic rings. The van der Waals surface area contributed by atoms with Gasteiger partial charge in [0.1, 0.15) is 12.4 Å². The molecule has 2 aromatic heterocycles. The maximum atomic E-state index is 5.57. The molecular formula is C21H33N7OS. The molecule has 1 saturated heterocycles. The Morgan fingerprint density at radius 3 is 2.77 bits per heavy atom. The zero-order valence-corrected chi connectivity index (χ0v) is 18.8. The number of aryl methyl sites for hydroxylation is 1. The smallest absolute Gasteiger partial charge is 0.191 e. The van der Waals surface area contributed by atoms with Gasteiger partial charge in [0.15, 0.2) is 11.8 Å². The van der Waals surface area contributed by atoms with Crippen LogP contribution in [0.1, 0.15) is 48.3 Å². The zero-order chi connectivity index (χ0) is 20.8. The van der Waals surface area contributed by atoms with Crippen molar-refractivity contribution in [3.05, 3.63) is 34.0 Å². The highest BCUT2D eigenvalue weighted by molar-refractivity contribution is 7.10. The molecule has 1 unspecified atom stereocenters. The molecule has 164 valence electrons. The Kier molecular flexibility index (Phi) is 7.35. The van der Waals surface area contributed by atoms with E-state index in [4.69, 9.17) is 9.73 Å². The van der Waals surface area contributed by atoms with Crippen LogP contribution in [-0.4, -0.2) is 64.5 Å².